The molecule has 0 aliphatic carbocycles. The van der Waals surface area contributed by atoms with Crippen LogP contribution in [0.2, 0.25) is 0 Å². The molecule has 0 saturated carbocycles. The molecule has 2 saturated heterocycles. The molecule has 0 radical (unpaired) electrons. The molecular formula is C11H20N2O3. The predicted octanol–water partition coefficient (Wildman–Crippen LogP) is -0.0865. The van der Waals surface area contributed by atoms with E-state index in [4.69, 9.17) is 9.47 Å². The average Bonchev–Trinajstić information content (AvgIpc) is 2.39. The molecule has 1 atom stereocenters. The third-order valence-corrected chi connectivity index (χ3v) is 3.17. The number of Topliss-reactive ketones (excluding diaryl/α,β-unsaturated/α-hetero) is 1. The van der Waals surface area contributed by atoms with Crippen LogP contribution in [0.25, 0.3) is 0 Å². The highest BCUT2D eigenvalue weighted by Gasteiger charge is 2.32. The van der Waals surface area contributed by atoms with E-state index in [-0.39, 0.29) is 11.8 Å². The fraction of sp³-hybridized carbons (Fsp3) is 0.909. The highest BCUT2D eigenvalue weighted by Crippen LogP contribution is 2.14. The normalized spacial score (nSPS) is 29.2. The summed E-state index contributed by atoms with van der Waals surface area (Å²) in [5.74, 6) is 0.270. The highest BCUT2D eigenvalue weighted by atomic mass is 16.5. The summed E-state index contributed by atoms with van der Waals surface area (Å²) >= 11 is 0. The first-order chi connectivity index (χ1) is 7.83. The summed E-state index contributed by atoms with van der Waals surface area (Å²) < 4.78 is 10.7. The van der Waals surface area contributed by atoms with Crippen LogP contribution in [-0.2, 0) is 14.3 Å². The van der Waals surface area contributed by atoms with Crippen LogP contribution in [0.1, 0.15) is 13.3 Å². The minimum Gasteiger partial charge on any atom is -0.379 e. The summed E-state index contributed by atoms with van der Waals surface area (Å²) in [6, 6.07) is -0.0863. The third-order valence-electron chi connectivity index (χ3n) is 3.17. The van der Waals surface area contributed by atoms with Gasteiger partial charge in [-0.15, -0.1) is 0 Å². The van der Waals surface area contributed by atoms with Gasteiger partial charge in [-0.05, 0) is 0 Å². The van der Waals surface area contributed by atoms with Gasteiger partial charge >= 0.3 is 0 Å². The monoisotopic (exact) mass is 228 g/mol. The van der Waals surface area contributed by atoms with Gasteiger partial charge < -0.3 is 9.47 Å². The highest BCUT2D eigenvalue weighted by molar-refractivity contribution is 5.83. The Morgan fingerprint density at radius 2 is 1.88 bits per heavy atom. The van der Waals surface area contributed by atoms with E-state index in [1.165, 1.54) is 0 Å². The Morgan fingerprint density at radius 3 is 2.56 bits per heavy atom. The fourth-order valence-electron chi connectivity index (χ4n) is 2.24. The molecule has 2 aliphatic heterocycles. The lowest BCUT2D eigenvalue weighted by atomic mass is 10.1. The number of hydrogen-bond acceptors (Lipinski definition) is 5. The summed E-state index contributed by atoms with van der Waals surface area (Å²) in [6.45, 7) is 7.25. The van der Waals surface area contributed by atoms with Crippen molar-refractivity contribution in [3.63, 3.8) is 0 Å². The Morgan fingerprint density at radius 1 is 1.19 bits per heavy atom. The zero-order chi connectivity index (χ0) is 11.4. The van der Waals surface area contributed by atoms with Gasteiger partial charge in [-0.3, -0.25) is 4.79 Å². The topological polar surface area (TPSA) is 42.0 Å². The van der Waals surface area contributed by atoms with Gasteiger partial charge in [0.2, 0.25) is 0 Å². The number of ether oxygens (including phenoxy) is 2. The van der Waals surface area contributed by atoms with E-state index in [0.29, 0.717) is 19.6 Å². The van der Waals surface area contributed by atoms with Gasteiger partial charge in [0.15, 0.2) is 5.78 Å². The van der Waals surface area contributed by atoms with Crippen LogP contribution < -0.4 is 0 Å². The van der Waals surface area contributed by atoms with Crippen LogP contribution in [0.4, 0.5) is 0 Å². The SMILES string of the molecule is CCC(=O)C1COCCN1N1CCOCC1. The first-order valence-electron chi connectivity index (χ1n) is 6.02. The first-order valence-corrected chi connectivity index (χ1v) is 6.02. The molecule has 0 spiro atoms. The lowest BCUT2D eigenvalue weighted by Crippen LogP contribution is -2.60. The second-order valence-corrected chi connectivity index (χ2v) is 4.14. The van der Waals surface area contributed by atoms with Crippen LogP contribution in [0.5, 0.6) is 0 Å². The van der Waals surface area contributed by atoms with E-state index >= 15 is 0 Å². The summed E-state index contributed by atoms with van der Waals surface area (Å²) in [6.07, 6.45) is 0.578. The van der Waals surface area contributed by atoms with Crippen LogP contribution in [0.15, 0.2) is 0 Å². The van der Waals surface area contributed by atoms with Crippen molar-refractivity contribution in [1.29, 1.82) is 0 Å². The number of carbonyl (C=O) groups is 1. The Balaban J connectivity index is 2.00. The van der Waals surface area contributed by atoms with Crippen LogP contribution in [0.3, 0.4) is 0 Å². The molecule has 0 amide bonds. The zero-order valence-corrected chi connectivity index (χ0v) is 9.85. The van der Waals surface area contributed by atoms with Crippen molar-refractivity contribution >= 4 is 5.78 Å². The maximum atomic E-state index is 11.8. The number of morpholine rings is 2. The number of hydrogen-bond donors (Lipinski definition) is 0. The van der Waals surface area contributed by atoms with E-state index in [0.717, 1.165) is 32.8 Å². The van der Waals surface area contributed by atoms with Gasteiger partial charge in [0.05, 0.1) is 26.4 Å². The van der Waals surface area contributed by atoms with Gasteiger partial charge in [0, 0.05) is 26.1 Å². The summed E-state index contributed by atoms with van der Waals surface area (Å²) in [7, 11) is 0. The summed E-state index contributed by atoms with van der Waals surface area (Å²) in [5.41, 5.74) is 0. The quantitative estimate of drug-likeness (QED) is 0.675. The molecule has 2 heterocycles. The van der Waals surface area contributed by atoms with Crippen LogP contribution >= 0.6 is 0 Å². The lowest BCUT2D eigenvalue weighted by Gasteiger charge is -2.43. The van der Waals surface area contributed by atoms with Crippen molar-refractivity contribution in [2.24, 2.45) is 0 Å². The predicted molar refractivity (Wildman–Crippen MR) is 59.0 cm³/mol. The van der Waals surface area contributed by atoms with Gasteiger partial charge in [-0.2, -0.15) is 0 Å². The van der Waals surface area contributed by atoms with Crippen molar-refractivity contribution in [3.8, 4) is 0 Å². The van der Waals surface area contributed by atoms with Gasteiger partial charge in [-0.1, -0.05) is 6.92 Å². The van der Waals surface area contributed by atoms with E-state index < -0.39 is 0 Å². The first kappa shape index (κ1) is 12.0. The molecule has 0 bridgehead atoms. The van der Waals surface area contributed by atoms with Crippen molar-refractivity contribution in [2.75, 3.05) is 46.1 Å². The number of ketones is 1. The van der Waals surface area contributed by atoms with E-state index in [1.54, 1.807) is 0 Å². The largest absolute Gasteiger partial charge is 0.379 e. The second-order valence-electron chi connectivity index (χ2n) is 4.14. The van der Waals surface area contributed by atoms with Gasteiger partial charge in [0.25, 0.3) is 0 Å². The molecule has 5 heteroatoms. The Kier molecular flexibility index (Phi) is 4.29. The van der Waals surface area contributed by atoms with Crippen molar-refractivity contribution in [1.82, 2.24) is 10.0 Å². The maximum absolute atomic E-state index is 11.8. The van der Waals surface area contributed by atoms with Gasteiger partial charge in [0.1, 0.15) is 6.04 Å². The molecule has 2 aliphatic rings. The number of hydrazine groups is 1. The average molecular weight is 228 g/mol. The maximum Gasteiger partial charge on any atom is 0.153 e. The molecule has 0 aromatic rings. The minimum atomic E-state index is -0.0863. The fourth-order valence-corrected chi connectivity index (χ4v) is 2.24. The molecule has 2 fully saturated rings. The summed E-state index contributed by atoms with van der Waals surface area (Å²) in [5, 5.41) is 4.42. The lowest BCUT2D eigenvalue weighted by molar-refractivity contribution is -0.168. The molecule has 1 unspecified atom stereocenters. The zero-order valence-electron chi connectivity index (χ0n) is 9.85. The van der Waals surface area contributed by atoms with Gasteiger partial charge in [-0.25, -0.2) is 10.0 Å². The number of nitrogens with zero attached hydrogens (tertiary/aromatic N) is 2. The Bertz CT molecular complexity index is 241. The molecule has 16 heavy (non-hydrogen) atoms. The standard InChI is InChI=1S/C11H20N2O3/c1-2-11(14)10-9-16-8-5-13(10)12-3-6-15-7-4-12/h10H,2-9H2,1H3. The molecule has 5 nitrogen and oxygen atoms in total. The smallest absolute Gasteiger partial charge is 0.153 e. The molecule has 2 rings (SSSR count). The number of rotatable bonds is 3. The van der Waals surface area contributed by atoms with E-state index in [1.807, 2.05) is 6.92 Å². The van der Waals surface area contributed by atoms with Crippen LogP contribution in [-0.4, -0.2) is 67.9 Å². The van der Waals surface area contributed by atoms with E-state index in [9.17, 15) is 4.79 Å². The third kappa shape index (κ3) is 2.60. The molecule has 92 valence electrons. The Labute approximate surface area is 96.3 Å². The molecule has 0 N–H and O–H groups in total. The van der Waals surface area contributed by atoms with Crippen molar-refractivity contribution in [2.45, 2.75) is 19.4 Å². The molecular weight excluding hydrogens is 208 g/mol. The van der Waals surface area contributed by atoms with E-state index in [2.05, 4.69) is 10.0 Å². The summed E-state index contributed by atoms with van der Waals surface area (Å²) in [4.78, 5) is 11.8. The Hall–Kier alpha value is -0.490. The molecule has 0 aromatic heterocycles. The van der Waals surface area contributed by atoms with Crippen LogP contribution in [0, 0.1) is 0 Å². The number of carbonyl (C=O) groups excluding carboxylic acids is 1. The van der Waals surface area contributed by atoms with Crippen molar-refractivity contribution in [3.05, 3.63) is 0 Å². The molecule has 0 aromatic carbocycles. The second kappa shape index (κ2) is 5.72. The van der Waals surface area contributed by atoms with Crippen molar-refractivity contribution < 1.29 is 14.3 Å². The minimum absolute atomic E-state index is 0.0863.